The predicted octanol–water partition coefficient (Wildman–Crippen LogP) is 6.08. The Hall–Kier alpha value is -3.35. The predicted molar refractivity (Wildman–Crippen MR) is 135 cm³/mol. The molecule has 2 N–H and O–H groups in total. The highest BCUT2D eigenvalue weighted by Gasteiger charge is 2.13. The number of nitrogens with zero attached hydrogens (tertiary/aromatic N) is 1. The maximum atomic E-state index is 12.6. The minimum absolute atomic E-state index is 0.0441. The Bertz CT molecular complexity index is 1280. The minimum Gasteiger partial charge on any atom is -0.488 e. The van der Waals surface area contributed by atoms with Crippen molar-refractivity contribution >= 4 is 57.8 Å². The van der Waals surface area contributed by atoms with Crippen LogP contribution in [0.15, 0.2) is 66.2 Å². The van der Waals surface area contributed by atoms with Crippen molar-refractivity contribution in [2.75, 3.05) is 5.32 Å². The Kier molecular flexibility index (Phi) is 8.09. The van der Waals surface area contributed by atoms with Crippen molar-refractivity contribution in [3.05, 3.63) is 97.1 Å². The third-order valence-electron chi connectivity index (χ3n) is 4.74. The molecule has 0 saturated heterocycles. The van der Waals surface area contributed by atoms with E-state index in [2.05, 4.69) is 27.9 Å². The number of aromatic carboxylic acids is 1. The van der Waals surface area contributed by atoms with E-state index < -0.39 is 11.9 Å². The molecular formula is C25H18ClIN2O4. The molecule has 166 valence electrons. The third-order valence-corrected chi connectivity index (χ3v) is 6.00. The van der Waals surface area contributed by atoms with Crippen LogP contribution in [0.5, 0.6) is 5.75 Å². The smallest absolute Gasteiger partial charge is 0.335 e. The number of anilines is 1. The molecule has 0 unspecified atom stereocenters. The van der Waals surface area contributed by atoms with Crippen molar-refractivity contribution in [3.8, 4) is 11.8 Å². The van der Waals surface area contributed by atoms with Crippen LogP contribution in [0.2, 0.25) is 5.02 Å². The van der Waals surface area contributed by atoms with Crippen LogP contribution in [0.25, 0.3) is 6.08 Å². The zero-order chi connectivity index (χ0) is 24.0. The second kappa shape index (κ2) is 11.0. The number of rotatable bonds is 7. The highest BCUT2D eigenvalue weighted by molar-refractivity contribution is 14.1. The van der Waals surface area contributed by atoms with Gasteiger partial charge < -0.3 is 15.2 Å². The second-order valence-electron chi connectivity index (χ2n) is 7.02. The summed E-state index contributed by atoms with van der Waals surface area (Å²) >= 11 is 8.21. The number of halogens is 2. The Morgan fingerprint density at radius 2 is 1.91 bits per heavy atom. The molecule has 0 saturated carbocycles. The summed E-state index contributed by atoms with van der Waals surface area (Å²) in [6.07, 6.45) is 1.51. The number of amides is 1. The van der Waals surface area contributed by atoms with Gasteiger partial charge >= 0.3 is 5.97 Å². The molecule has 0 aromatic heterocycles. The first-order chi connectivity index (χ1) is 15.8. The summed E-state index contributed by atoms with van der Waals surface area (Å²) in [5, 5.41) is 21.7. The molecule has 0 radical (unpaired) electrons. The van der Waals surface area contributed by atoms with Gasteiger partial charge in [0.15, 0.2) is 0 Å². The molecule has 0 aliphatic rings. The summed E-state index contributed by atoms with van der Waals surface area (Å²) < 4.78 is 6.63. The molecule has 3 rings (SSSR count). The van der Waals surface area contributed by atoms with Crippen LogP contribution in [0.3, 0.4) is 0 Å². The highest BCUT2D eigenvalue weighted by Crippen LogP contribution is 2.26. The van der Waals surface area contributed by atoms with E-state index in [1.54, 1.807) is 55.5 Å². The number of nitriles is 1. The van der Waals surface area contributed by atoms with Crippen LogP contribution in [0.4, 0.5) is 5.69 Å². The molecular weight excluding hydrogens is 555 g/mol. The van der Waals surface area contributed by atoms with E-state index in [1.807, 2.05) is 6.07 Å². The molecule has 0 atom stereocenters. The van der Waals surface area contributed by atoms with Gasteiger partial charge in [-0.2, -0.15) is 5.26 Å². The summed E-state index contributed by atoms with van der Waals surface area (Å²) in [4.78, 5) is 23.5. The molecule has 33 heavy (non-hydrogen) atoms. The lowest BCUT2D eigenvalue weighted by Gasteiger charge is -2.10. The lowest BCUT2D eigenvalue weighted by atomic mass is 10.1. The van der Waals surface area contributed by atoms with Crippen LogP contribution < -0.4 is 10.1 Å². The zero-order valence-corrected chi connectivity index (χ0v) is 20.3. The minimum atomic E-state index is -0.978. The number of carbonyl (C=O) groups is 2. The van der Waals surface area contributed by atoms with E-state index in [1.165, 1.54) is 18.2 Å². The average molecular weight is 573 g/mol. The molecule has 0 fully saturated rings. The zero-order valence-electron chi connectivity index (χ0n) is 17.4. The Morgan fingerprint density at radius 3 is 2.55 bits per heavy atom. The van der Waals surface area contributed by atoms with Crippen molar-refractivity contribution in [3.63, 3.8) is 0 Å². The summed E-state index contributed by atoms with van der Waals surface area (Å²) in [6, 6.07) is 18.9. The molecule has 0 aliphatic carbocycles. The van der Waals surface area contributed by atoms with Crippen molar-refractivity contribution in [2.45, 2.75) is 13.5 Å². The van der Waals surface area contributed by atoms with Crippen LogP contribution in [-0.2, 0) is 11.4 Å². The van der Waals surface area contributed by atoms with Crippen LogP contribution >= 0.6 is 34.2 Å². The first kappa shape index (κ1) is 24.3. The van der Waals surface area contributed by atoms with E-state index in [9.17, 15) is 14.9 Å². The molecule has 3 aromatic rings. The average Bonchev–Trinajstić information content (AvgIpc) is 2.80. The van der Waals surface area contributed by atoms with E-state index in [-0.39, 0.29) is 17.7 Å². The lowest BCUT2D eigenvalue weighted by Crippen LogP contribution is -2.14. The van der Waals surface area contributed by atoms with Gasteiger partial charge in [-0.1, -0.05) is 35.9 Å². The molecule has 0 heterocycles. The van der Waals surface area contributed by atoms with Gasteiger partial charge in [0.05, 0.1) is 9.13 Å². The first-order valence-corrected chi connectivity index (χ1v) is 11.2. The van der Waals surface area contributed by atoms with Gasteiger partial charge in [-0.05, 0) is 88.7 Å². The second-order valence-corrected chi connectivity index (χ2v) is 8.59. The Balaban J connectivity index is 1.70. The number of ether oxygens (including phenoxy) is 1. The first-order valence-electron chi connectivity index (χ1n) is 9.71. The monoisotopic (exact) mass is 572 g/mol. The van der Waals surface area contributed by atoms with Gasteiger partial charge in [-0.15, -0.1) is 0 Å². The Morgan fingerprint density at radius 1 is 1.18 bits per heavy atom. The quantitative estimate of drug-likeness (QED) is 0.203. The number of carboxylic acids is 1. The number of nitrogens with one attached hydrogen (secondary N) is 1. The van der Waals surface area contributed by atoms with Gasteiger partial charge in [0.25, 0.3) is 5.91 Å². The standard InChI is InChI=1S/C25H18ClIN2O4/c1-15-20(26)3-2-4-22(15)29-24(30)19(13-28)11-17-7-10-23(21(27)12-17)33-14-16-5-8-18(9-6-16)25(31)32/h2-12H,14H2,1H3,(H,29,30)(H,31,32)/b19-11-. The van der Waals surface area contributed by atoms with Gasteiger partial charge in [0, 0.05) is 10.7 Å². The fraction of sp³-hybridized carbons (Fsp3) is 0.0800. The van der Waals surface area contributed by atoms with Crippen molar-refractivity contribution in [1.29, 1.82) is 5.26 Å². The number of benzene rings is 3. The summed E-state index contributed by atoms with van der Waals surface area (Å²) in [5.41, 5.74) is 2.94. The van der Waals surface area contributed by atoms with Crippen molar-refractivity contribution in [2.24, 2.45) is 0 Å². The number of hydrogen-bond donors (Lipinski definition) is 2. The topological polar surface area (TPSA) is 99.4 Å². The summed E-state index contributed by atoms with van der Waals surface area (Å²) in [6.45, 7) is 2.06. The highest BCUT2D eigenvalue weighted by atomic mass is 127. The van der Waals surface area contributed by atoms with Crippen LogP contribution in [-0.4, -0.2) is 17.0 Å². The van der Waals surface area contributed by atoms with E-state index in [0.717, 1.165) is 14.7 Å². The number of carbonyl (C=O) groups excluding carboxylic acids is 1. The SMILES string of the molecule is Cc1c(Cl)cccc1NC(=O)/C(C#N)=C\c1ccc(OCc2ccc(C(=O)O)cc2)c(I)c1. The van der Waals surface area contributed by atoms with Gasteiger partial charge in [0.2, 0.25) is 0 Å². The third kappa shape index (κ3) is 6.34. The molecule has 1 amide bonds. The normalized spacial score (nSPS) is 10.9. The summed E-state index contributed by atoms with van der Waals surface area (Å²) in [5.74, 6) is -0.871. The van der Waals surface area contributed by atoms with Gasteiger partial charge in [-0.3, -0.25) is 4.79 Å². The Labute approximate surface area is 209 Å². The largest absolute Gasteiger partial charge is 0.488 e. The molecule has 6 nitrogen and oxygen atoms in total. The van der Waals surface area contributed by atoms with Gasteiger partial charge in [-0.25, -0.2) is 4.79 Å². The van der Waals surface area contributed by atoms with E-state index >= 15 is 0 Å². The van der Waals surface area contributed by atoms with Crippen molar-refractivity contribution < 1.29 is 19.4 Å². The molecule has 8 heteroatoms. The molecule has 0 bridgehead atoms. The fourth-order valence-corrected chi connectivity index (χ4v) is 3.75. The van der Waals surface area contributed by atoms with Gasteiger partial charge in [0.1, 0.15) is 24.0 Å². The fourth-order valence-electron chi connectivity index (χ4n) is 2.88. The molecule has 0 aliphatic heterocycles. The molecule has 0 spiro atoms. The van der Waals surface area contributed by atoms with Crippen molar-refractivity contribution in [1.82, 2.24) is 0 Å². The summed E-state index contributed by atoms with van der Waals surface area (Å²) in [7, 11) is 0. The number of carboxylic acid groups (broad SMARTS) is 1. The maximum Gasteiger partial charge on any atom is 0.335 e. The maximum absolute atomic E-state index is 12.6. The van der Waals surface area contributed by atoms with Crippen LogP contribution in [0, 0.1) is 21.8 Å². The van der Waals surface area contributed by atoms with Crippen LogP contribution in [0.1, 0.15) is 27.0 Å². The number of hydrogen-bond acceptors (Lipinski definition) is 4. The lowest BCUT2D eigenvalue weighted by molar-refractivity contribution is -0.112. The molecule has 3 aromatic carbocycles. The van der Waals surface area contributed by atoms with E-state index in [4.69, 9.17) is 21.4 Å². The van der Waals surface area contributed by atoms with E-state index in [0.29, 0.717) is 22.0 Å².